The van der Waals surface area contributed by atoms with Crippen molar-refractivity contribution < 1.29 is 0 Å². The number of nitrogens with zero attached hydrogens (tertiary/aromatic N) is 4. The average Bonchev–Trinajstić information content (AvgIpc) is 4.15. The minimum absolute atomic E-state index is 0.961. The van der Waals surface area contributed by atoms with E-state index >= 15 is 0 Å². The van der Waals surface area contributed by atoms with Gasteiger partial charge in [-0.2, -0.15) is 0 Å². The van der Waals surface area contributed by atoms with Crippen LogP contribution in [0, 0.1) is 0 Å². The number of aryl methyl sites for hydroxylation is 6. The Labute approximate surface area is 437 Å². The van der Waals surface area contributed by atoms with Crippen molar-refractivity contribution in [2.24, 2.45) is 0 Å². The zero-order valence-corrected chi connectivity index (χ0v) is 41.8. The summed E-state index contributed by atoms with van der Waals surface area (Å²) in [7, 11) is 0. The maximum absolute atomic E-state index is 4.53. The molecule has 4 aromatic heterocycles. The summed E-state index contributed by atoms with van der Waals surface area (Å²) in [5.41, 5.74) is 21.2. The van der Waals surface area contributed by atoms with Crippen LogP contribution in [0.2, 0.25) is 0 Å². The van der Waals surface area contributed by atoms with Crippen molar-refractivity contribution in [3.05, 3.63) is 288 Å². The Hall–Kier alpha value is -9.25. The number of pyridine rings is 1. The number of fused-ring (bicyclic) bond motifs is 9. The van der Waals surface area contributed by atoms with Gasteiger partial charge in [0.05, 0.1) is 38.8 Å². The van der Waals surface area contributed by atoms with E-state index in [4.69, 9.17) is 0 Å². The van der Waals surface area contributed by atoms with Gasteiger partial charge in [-0.1, -0.05) is 152 Å². The molecule has 4 heterocycles. The first kappa shape index (κ1) is 44.5. The molecule has 10 aromatic carbocycles. The molecule has 4 heteroatoms. The van der Waals surface area contributed by atoms with Crippen LogP contribution in [0.1, 0.15) is 33.4 Å². The van der Waals surface area contributed by atoms with Crippen LogP contribution in [-0.4, -0.2) is 18.7 Å². The third kappa shape index (κ3) is 8.25. The lowest BCUT2D eigenvalue weighted by Gasteiger charge is -2.11. The van der Waals surface area contributed by atoms with E-state index in [-0.39, 0.29) is 0 Å². The first-order valence-electron chi connectivity index (χ1n) is 26.5. The third-order valence-corrected chi connectivity index (χ3v) is 15.7. The number of benzene rings is 10. The molecular weight excluding hydrogens is 909 g/mol. The molecule has 0 unspecified atom stereocenters. The highest BCUT2D eigenvalue weighted by atomic mass is 15.0. The molecule has 0 aliphatic rings. The highest BCUT2D eigenvalue weighted by Crippen LogP contribution is 2.36. The van der Waals surface area contributed by atoms with Crippen molar-refractivity contribution in [2.45, 2.75) is 38.5 Å². The molecule has 0 saturated heterocycles. The summed E-state index contributed by atoms with van der Waals surface area (Å²) >= 11 is 0. The zero-order chi connectivity index (χ0) is 49.7. The van der Waals surface area contributed by atoms with Gasteiger partial charge in [0.2, 0.25) is 0 Å². The lowest BCUT2D eigenvalue weighted by molar-refractivity contribution is 0.958. The van der Waals surface area contributed by atoms with E-state index in [1.807, 2.05) is 18.3 Å². The van der Waals surface area contributed by atoms with Gasteiger partial charge in [-0.15, -0.1) is 0 Å². The second-order valence-electron chi connectivity index (χ2n) is 20.2. The van der Waals surface area contributed by atoms with E-state index in [0.29, 0.717) is 0 Å². The van der Waals surface area contributed by atoms with Crippen LogP contribution >= 0.6 is 0 Å². The Kier molecular flexibility index (Phi) is 11.2. The Morgan fingerprint density at radius 2 is 0.533 bits per heavy atom. The molecule has 0 amide bonds. The summed E-state index contributed by atoms with van der Waals surface area (Å²) in [6.45, 7) is 0. The smallest absolute Gasteiger partial charge is 0.0701 e. The standard InChI is InChI=1S/C71H54N4/c1-5-16-66-59(11-1)60-12-2-6-17-67(60)73(66)56-38-30-51(31-39-56)22-24-53-34-44-70-63(47-53)64-48-54(25-23-52-32-40-57(41-33-52)74-68-18-7-3-13-61(68)62-14-4-8-19-69(62)74)35-45-71(64)75(70)58-42-28-50(29-43-58)21-20-49-26-36-55(37-27-49)65-15-9-10-46-72-65/h1-19,26-48H,20-25H2. The number of hydrogen-bond donors (Lipinski definition) is 0. The highest BCUT2D eigenvalue weighted by Gasteiger charge is 2.17. The molecule has 0 radical (unpaired) electrons. The van der Waals surface area contributed by atoms with Gasteiger partial charge in [0.1, 0.15) is 0 Å². The Balaban J connectivity index is 0.743. The van der Waals surface area contributed by atoms with Crippen molar-refractivity contribution in [1.82, 2.24) is 18.7 Å². The Morgan fingerprint density at radius 3 is 0.880 bits per heavy atom. The topological polar surface area (TPSA) is 27.7 Å². The van der Waals surface area contributed by atoms with Crippen LogP contribution < -0.4 is 0 Å². The summed E-state index contributed by atoms with van der Waals surface area (Å²) in [5, 5.41) is 7.76. The maximum Gasteiger partial charge on any atom is 0.0701 e. The van der Waals surface area contributed by atoms with Crippen molar-refractivity contribution in [3.8, 4) is 28.3 Å². The molecule has 0 saturated carbocycles. The van der Waals surface area contributed by atoms with E-state index in [0.717, 1.165) is 49.8 Å². The van der Waals surface area contributed by atoms with Crippen LogP contribution in [0.25, 0.3) is 93.7 Å². The number of rotatable bonds is 13. The van der Waals surface area contributed by atoms with Crippen LogP contribution in [0.15, 0.2) is 255 Å². The fourth-order valence-electron chi connectivity index (χ4n) is 11.8. The van der Waals surface area contributed by atoms with Crippen molar-refractivity contribution in [2.75, 3.05) is 0 Å². The highest BCUT2D eigenvalue weighted by molar-refractivity contribution is 6.11. The fourth-order valence-corrected chi connectivity index (χ4v) is 11.8. The van der Waals surface area contributed by atoms with E-state index in [9.17, 15) is 0 Å². The molecule has 0 atom stereocenters. The molecule has 0 bridgehead atoms. The Morgan fingerprint density at radius 1 is 0.240 bits per heavy atom. The van der Waals surface area contributed by atoms with Gasteiger partial charge in [0, 0.05) is 61.1 Å². The van der Waals surface area contributed by atoms with E-state index < -0.39 is 0 Å². The largest absolute Gasteiger partial charge is 0.309 e. The minimum Gasteiger partial charge on any atom is -0.309 e. The van der Waals surface area contributed by atoms with Gasteiger partial charge in [0.25, 0.3) is 0 Å². The van der Waals surface area contributed by atoms with E-state index in [1.54, 1.807) is 0 Å². The molecule has 4 nitrogen and oxygen atoms in total. The predicted molar refractivity (Wildman–Crippen MR) is 314 cm³/mol. The number of aromatic nitrogens is 4. The molecule has 0 spiro atoms. The molecule has 0 fully saturated rings. The second kappa shape index (κ2) is 19.0. The van der Waals surface area contributed by atoms with Crippen LogP contribution in [0.4, 0.5) is 0 Å². The van der Waals surface area contributed by atoms with Crippen LogP contribution in [0.3, 0.4) is 0 Å². The van der Waals surface area contributed by atoms with Crippen molar-refractivity contribution in [1.29, 1.82) is 0 Å². The molecule has 358 valence electrons. The van der Waals surface area contributed by atoms with Gasteiger partial charge in [-0.05, 0) is 169 Å². The quantitative estimate of drug-likeness (QED) is 0.113. The molecule has 0 N–H and O–H groups in total. The summed E-state index contributed by atoms with van der Waals surface area (Å²) in [5.74, 6) is 0. The van der Waals surface area contributed by atoms with E-state index in [1.165, 1.54) is 116 Å². The van der Waals surface area contributed by atoms with Gasteiger partial charge in [-0.3, -0.25) is 4.98 Å². The zero-order valence-electron chi connectivity index (χ0n) is 41.8. The molecule has 14 rings (SSSR count). The first-order chi connectivity index (χ1) is 37.2. The molecule has 0 aliphatic carbocycles. The number of para-hydroxylation sites is 4. The van der Waals surface area contributed by atoms with Crippen molar-refractivity contribution >= 4 is 65.4 Å². The summed E-state index contributed by atoms with van der Waals surface area (Å²) in [6.07, 6.45) is 7.67. The van der Waals surface area contributed by atoms with Gasteiger partial charge < -0.3 is 13.7 Å². The molecule has 0 aliphatic heterocycles. The summed E-state index contributed by atoms with van der Waals surface area (Å²) < 4.78 is 7.26. The maximum atomic E-state index is 4.53. The van der Waals surface area contributed by atoms with Crippen LogP contribution in [0.5, 0.6) is 0 Å². The third-order valence-electron chi connectivity index (χ3n) is 15.7. The van der Waals surface area contributed by atoms with Crippen molar-refractivity contribution in [3.63, 3.8) is 0 Å². The average molecular weight is 963 g/mol. The normalized spacial score (nSPS) is 11.8. The van der Waals surface area contributed by atoms with Gasteiger partial charge >= 0.3 is 0 Å². The number of hydrogen-bond acceptors (Lipinski definition) is 1. The summed E-state index contributed by atoms with van der Waals surface area (Å²) in [6, 6.07) is 91.9. The summed E-state index contributed by atoms with van der Waals surface area (Å²) in [4.78, 5) is 4.53. The molecular formula is C71H54N4. The Bertz CT molecular complexity index is 4040. The SMILES string of the molecule is c1ccc(-c2ccc(CCc3ccc(-n4c5ccc(CCc6ccc(-n7c8ccccc8c8ccccc87)cc6)cc5c5cc(CCc6ccc(-n7c8ccccc8c8ccccc87)cc6)ccc54)cc3)cc2)nc1. The first-order valence-corrected chi connectivity index (χ1v) is 26.5. The van der Waals surface area contributed by atoms with E-state index in [2.05, 4.69) is 255 Å². The van der Waals surface area contributed by atoms with Gasteiger partial charge in [0.15, 0.2) is 0 Å². The lowest BCUT2D eigenvalue weighted by atomic mass is 10.00. The lowest BCUT2D eigenvalue weighted by Crippen LogP contribution is -1.97. The minimum atomic E-state index is 0.961. The van der Waals surface area contributed by atoms with Gasteiger partial charge in [-0.25, -0.2) is 0 Å². The fraction of sp³-hybridized carbons (Fsp3) is 0.0845. The monoisotopic (exact) mass is 962 g/mol. The van der Waals surface area contributed by atoms with Crippen LogP contribution in [-0.2, 0) is 38.5 Å². The molecule has 14 aromatic rings. The molecule has 75 heavy (non-hydrogen) atoms. The second-order valence-corrected chi connectivity index (χ2v) is 20.2. The predicted octanol–water partition coefficient (Wildman–Crippen LogP) is 17.4.